The number of aromatic nitrogens is 2. The maximum absolute atomic E-state index is 12.2. The zero-order valence-electron chi connectivity index (χ0n) is 20.2. The van der Waals surface area contributed by atoms with Crippen molar-refractivity contribution in [3.8, 4) is 0 Å². The topological polar surface area (TPSA) is 208 Å². The third kappa shape index (κ3) is 7.92. The summed E-state index contributed by atoms with van der Waals surface area (Å²) < 4.78 is 57.9. The number of nitrogens with zero attached hydrogens (tertiary/aromatic N) is 1. The summed E-state index contributed by atoms with van der Waals surface area (Å²) >= 11 is 0. The lowest BCUT2D eigenvalue weighted by Crippen LogP contribution is -2.41. The number of urea groups is 1. The van der Waals surface area contributed by atoms with Crippen molar-refractivity contribution in [2.45, 2.75) is 30.3 Å². The molecule has 13 nitrogen and oxygen atoms in total. The summed E-state index contributed by atoms with van der Waals surface area (Å²) in [6, 6.07) is 12.8. The van der Waals surface area contributed by atoms with Crippen LogP contribution >= 0.6 is 0 Å². The molecule has 2 atom stereocenters. The van der Waals surface area contributed by atoms with Crippen LogP contribution in [-0.4, -0.2) is 65.2 Å². The van der Waals surface area contributed by atoms with Gasteiger partial charge < -0.3 is 25.8 Å². The molecule has 214 valence electrons. The molecule has 3 aromatic rings. The number of benzene rings is 2. The fourth-order valence-corrected chi connectivity index (χ4v) is 5.10. The third-order valence-electron chi connectivity index (χ3n) is 5.48. The summed E-state index contributed by atoms with van der Waals surface area (Å²) in [5.41, 5.74) is 2.76. The monoisotopic (exact) mass is 585 g/mol. The number of rotatable bonds is 7. The van der Waals surface area contributed by atoms with Crippen molar-refractivity contribution in [1.29, 1.82) is 0 Å². The Bertz CT molecular complexity index is 1490. The van der Waals surface area contributed by atoms with Gasteiger partial charge in [0.2, 0.25) is 15.9 Å². The van der Waals surface area contributed by atoms with Crippen LogP contribution in [0.25, 0.3) is 11.0 Å². The number of sulfonamides is 1. The second-order valence-corrected chi connectivity index (χ2v) is 10.3. The summed E-state index contributed by atoms with van der Waals surface area (Å²) in [7, 11) is -3.74. The van der Waals surface area contributed by atoms with Crippen LogP contribution in [0.4, 0.5) is 18.0 Å². The summed E-state index contributed by atoms with van der Waals surface area (Å²) in [4.78, 5) is 51.1. The van der Waals surface area contributed by atoms with Gasteiger partial charge in [0.05, 0.1) is 23.5 Å². The van der Waals surface area contributed by atoms with Crippen LogP contribution in [0.1, 0.15) is 34.7 Å². The van der Waals surface area contributed by atoms with E-state index in [-0.39, 0.29) is 6.42 Å². The molecule has 1 fully saturated rings. The number of hydrogen-bond donors (Lipinski definition) is 6. The quantitative estimate of drug-likeness (QED) is 0.238. The van der Waals surface area contributed by atoms with Crippen molar-refractivity contribution in [2.24, 2.45) is 0 Å². The average molecular weight is 586 g/mol. The predicted octanol–water partition coefficient (Wildman–Crippen LogP) is 1.75. The van der Waals surface area contributed by atoms with Gasteiger partial charge in [-0.05, 0) is 29.7 Å². The normalized spacial score (nSPS) is 16.8. The van der Waals surface area contributed by atoms with E-state index >= 15 is 0 Å². The molecule has 3 amide bonds. The molecule has 0 saturated carbocycles. The molecule has 40 heavy (non-hydrogen) atoms. The number of nitrogens with one attached hydrogen (secondary N) is 4. The molecular formula is C23H22F3N5O8S. The Morgan fingerprint density at radius 2 is 1.70 bits per heavy atom. The number of hydrogen-bond acceptors (Lipinski definition) is 7. The van der Waals surface area contributed by atoms with Crippen molar-refractivity contribution in [1.82, 2.24) is 25.3 Å². The number of alkyl halides is 3. The van der Waals surface area contributed by atoms with E-state index in [4.69, 9.17) is 15.0 Å². The van der Waals surface area contributed by atoms with E-state index in [1.54, 1.807) is 24.3 Å². The van der Waals surface area contributed by atoms with Gasteiger partial charge in [-0.2, -0.15) is 13.2 Å². The highest BCUT2D eigenvalue weighted by Gasteiger charge is 2.38. The van der Waals surface area contributed by atoms with Gasteiger partial charge >= 0.3 is 24.1 Å². The number of H-pyrrole nitrogens is 1. The van der Waals surface area contributed by atoms with E-state index in [1.807, 2.05) is 29.0 Å². The molecule has 2 aromatic carbocycles. The standard InChI is InChI=1S/C21H21N5O6S.C2HF3O2/c27-18-10-17(33(31,32)26-18)13-7-5-12(6-8-13)9-16(25-21(30)22-11-19(28)29)20-23-14-3-1-2-4-15(14)24-20;3-2(4,5)1(6)7/h1-8,16-17H,9-11H2,(H,23,24)(H,26,27)(H,28,29)(H2,22,25,30);(H,6,7)/t16-,17?;/m0./s1. The highest BCUT2D eigenvalue weighted by Crippen LogP contribution is 2.30. The Morgan fingerprint density at radius 3 is 2.23 bits per heavy atom. The molecule has 1 saturated heterocycles. The molecule has 1 aliphatic heterocycles. The molecule has 0 radical (unpaired) electrons. The first kappa shape index (κ1) is 29.9. The highest BCUT2D eigenvalue weighted by molar-refractivity contribution is 7.90. The number of aliphatic carboxylic acids is 2. The fraction of sp³-hybridized carbons (Fsp3) is 0.261. The lowest BCUT2D eigenvalue weighted by atomic mass is 10.0. The van der Waals surface area contributed by atoms with Crippen molar-refractivity contribution in [2.75, 3.05) is 6.54 Å². The van der Waals surface area contributed by atoms with E-state index in [0.29, 0.717) is 23.3 Å². The van der Waals surface area contributed by atoms with Gasteiger partial charge in [0.1, 0.15) is 17.6 Å². The zero-order valence-corrected chi connectivity index (χ0v) is 21.0. The Balaban J connectivity index is 0.000000559. The van der Waals surface area contributed by atoms with E-state index in [0.717, 1.165) is 11.1 Å². The number of carbonyl (C=O) groups excluding carboxylic acids is 2. The van der Waals surface area contributed by atoms with Crippen LogP contribution in [-0.2, 0) is 30.8 Å². The molecular weight excluding hydrogens is 563 g/mol. The van der Waals surface area contributed by atoms with Crippen molar-refractivity contribution < 1.29 is 51.0 Å². The number of amides is 3. The zero-order chi connectivity index (χ0) is 29.7. The SMILES string of the molecule is O=C(O)C(F)(F)F.O=C(O)CNC(=O)N[C@@H](Cc1ccc(C2CC(=O)NS2(=O)=O)cc1)c1nc2ccccc2[nH]1. The van der Waals surface area contributed by atoms with Crippen LogP contribution in [0.3, 0.4) is 0 Å². The lowest BCUT2D eigenvalue weighted by molar-refractivity contribution is -0.192. The summed E-state index contributed by atoms with van der Waals surface area (Å²) in [5.74, 6) is -3.98. The van der Waals surface area contributed by atoms with Gasteiger partial charge in [0.15, 0.2) is 0 Å². The van der Waals surface area contributed by atoms with Gasteiger partial charge in [0, 0.05) is 0 Å². The molecule has 0 spiro atoms. The maximum Gasteiger partial charge on any atom is 0.490 e. The summed E-state index contributed by atoms with van der Waals surface area (Å²) in [6.45, 7) is -0.532. The Morgan fingerprint density at radius 1 is 1.07 bits per heavy atom. The van der Waals surface area contributed by atoms with E-state index in [1.165, 1.54) is 0 Å². The van der Waals surface area contributed by atoms with E-state index < -0.39 is 57.9 Å². The average Bonchev–Trinajstić information content (AvgIpc) is 3.42. The first-order valence-electron chi connectivity index (χ1n) is 11.3. The number of imidazole rings is 1. The molecule has 0 bridgehead atoms. The number of aromatic amines is 1. The highest BCUT2D eigenvalue weighted by atomic mass is 32.2. The van der Waals surface area contributed by atoms with Crippen LogP contribution in [0.2, 0.25) is 0 Å². The number of para-hydroxylation sites is 2. The van der Waals surface area contributed by atoms with E-state index in [9.17, 15) is 36.0 Å². The number of halogens is 3. The number of carbonyl (C=O) groups is 4. The second-order valence-electron chi connectivity index (χ2n) is 8.42. The third-order valence-corrected chi connectivity index (χ3v) is 7.18. The van der Waals surface area contributed by atoms with E-state index in [2.05, 4.69) is 20.6 Å². The Labute approximate surface area is 223 Å². The molecule has 0 aliphatic carbocycles. The van der Waals surface area contributed by atoms with Gasteiger partial charge in [-0.3, -0.25) is 14.3 Å². The lowest BCUT2D eigenvalue weighted by Gasteiger charge is -2.18. The Kier molecular flexibility index (Phi) is 8.98. The van der Waals surface area contributed by atoms with Crippen LogP contribution in [0, 0.1) is 0 Å². The predicted molar refractivity (Wildman–Crippen MR) is 131 cm³/mol. The van der Waals surface area contributed by atoms with Gasteiger partial charge in [0.25, 0.3) is 0 Å². The molecule has 1 aliphatic rings. The summed E-state index contributed by atoms with van der Waals surface area (Å²) in [5, 5.41) is 20.0. The minimum atomic E-state index is -5.08. The van der Waals surface area contributed by atoms with Crippen molar-refractivity contribution in [3.63, 3.8) is 0 Å². The maximum atomic E-state index is 12.2. The molecule has 1 unspecified atom stereocenters. The number of fused-ring (bicyclic) bond motifs is 1. The fourth-order valence-electron chi connectivity index (χ4n) is 3.67. The first-order valence-corrected chi connectivity index (χ1v) is 12.8. The second kappa shape index (κ2) is 12.0. The van der Waals surface area contributed by atoms with Crippen molar-refractivity contribution >= 4 is 44.9 Å². The largest absolute Gasteiger partial charge is 0.490 e. The molecule has 2 heterocycles. The van der Waals surface area contributed by atoms with Crippen LogP contribution in [0.15, 0.2) is 48.5 Å². The molecule has 1 aromatic heterocycles. The van der Waals surface area contributed by atoms with Gasteiger partial charge in [-0.25, -0.2) is 23.0 Å². The molecule has 17 heteroatoms. The summed E-state index contributed by atoms with van der Waals surface area (Å²) in [6.07, 6.45) is -4.91. The van der Waals surface area contributed by atoms with Gasteiger partial charge in [-0.15, -0.1) is 0 Å². The van der Waals surface area contributed by atoms with Gasteiger partial charge in [-0.1, -0.05) is 36.4 Å². The molecule has 6 N–H and O–H groups in total. The van der Waals surface area contributed by atoms with Crippen LogP contribution in [0.5, 0.6) is 0 Å². The number of carboxylic acids is 2. The van der Waals surface area contributed by atoms with Crippen molar-refractivity contribution in [3.05, 3.63) is 65.5 Å². The minimum Gasteiger partial charge on any atom is -0.480 e. The van der Waals surface area contributed by atoms with Crippen LogP contribution < -0.4 is 15.4 Å². The smallest absolute Gasteiger partial charge is 0.480 e. The Hall–Kier alpha value is -4.67. The minimum absolute atomic E-state index is 0.130. The first-order chi connectivity index (χ1) is 18.7. The molecule has 4 rings (SSSR count). The number of carboxylic acid groups (broad SMARTS) is 2.